The van der Waals surface area contributed by atoms with E-state index in [0.29, 0.717) is 55.0 Å². The van der Waals surface area contributed by atoms with Gasteiger partial charge in [0.2, 0.25) is 47.3 Å². The van der Waals surface area contributed by atoms with Gasteiger partial charge in [0.1, 0.15) is 42.8 Å². The Hall–Kier alpha value is -10.8. The molecule has 8 rings (SSSR count). The summed E-state index contributed by atoms with van der Waals surface area (Å²) in [7, 11) is 0. The lowest BCUT2D eigenvalue weighted by Crippen LogP contribution is -2.59. The summed E-state index contributed by atoms with van der Waals surface area (Å²) in [5, 5.41) is 51.4. The number of rotatable bonds is 29. The lowest BCUT2D eigenvalue weighted by Gasteiger charge is -2.25. The van der Waals surface area contributed by atoms with E-state index in [-0.39, 0.29) is 25.7 Å². The molecule has 0 aliphatic carbocycles. The van der Waals surface area contributed by atoms with Gasteiger partial charge < -0.3 is 83.5 Å². The van der Waals surface area contributed by atoms with Gasteiger partial charge in [0.05, 0.1) is 25.9 Å². The molecule has 27 heteroatoms. The van der Waals surface area contributed by atoms with E-state index in [1.54, 1.807) is 122 Å². The van der Waals surface area contributed by atoms with Crippen molar-refractivity contribution in [2.45, 2.75) is 74.8 Å². The van der Waals surface area contributed by atoms with Crippen LogP contribution >= 0.6 is 0 Å². The average Bonchev–Trinajstić information content (AvgIpc) is 4.16. The number of fused-ring (bicyclic) bond motifs is 4. The van der Waals surface area contributed by atoms with Crippen LogP contribution < -0.4 is 48.3 Å². The van der Waals surface area contributed by atoms with Gasteiger partial charge in [-0.25, -0.2) is 0 Å². The Kier molecular flexibility index (Phi) is 19.7. The molecular weight excluding hydrogens is 1100 g/mol. The summed E-state index contributed by atoms with van der Waals surface area (Å²) in [6.45, 7) is -2.17. The zero-order valence-corrected chi connectivity index (χ0v) is 45.3. The molecule has 8 aromatic rings. The number of nitrogens with one attached hydrogen (secondary N) is 12. The maximum absolute atomic E-state index is 14.5. The van der Waals surface area contributed by atoms with Crippen molar-refractivity contribution in [1.82, 2.24) is 62.5 Å². The van der Waals surface area contributed by atoms with E-state index in [4.69, 9.17) is 5.73 Å². The van der Waals surface area contributed by atoms with Gasteiger partial charge in [-0.05, 0) is 46.5 Å². The highest BCUT2D eigenvalue weighted by molar-refractivity contribution is 6.00. The van der Waals surface area contributed by atoms with Gasteiger partial charge in [-0.15, -0.1) is 0 Å². The molecule has 8 amide bonds. The maximum Gasteiger partial charge on any atom is 0.322 e. The van der Waals surface area contributed by atoms with Gasteiger partial charge in [-0.2, -0.15) is 0 Å². The molecule has 4 aromatic carbocycles. The van der Waals surface area contributed by atoms with E-state index < -0.39 is 134 Å². The fraction of sp³-hybridized carbons (Fsp3) is 0.259. The molecule has 0 saturated carbocycles. The second kappa shape index (κ2) is 27.8. The molecule has 0 saturated heterocycles. The van der Waals surface area contributed by atoms with Crippen LogP contribution in [0, 0.1) is 0 Å². The summed E-state index contributed by atoms with van der Waals surface area (Å²) in [6, 6.07) is 18.4. The third-order valence-corrected chi connectivity index (χ3v) is 14.0. The number of amides is 8. The second-order valence-corrected chi connectivity index (χ2v) is 20.0. The molecule has 85 heavy (non-hydrogen) atoms. The monoisotopic (exact) mass is 1160 g/mol. The van der Waals surface area contributed by atoms with Crippen LogP contribution in [0.1, 0.15) is 35.1 Å². The highest BCUT2D eigenvalue weighted by Crippen LogP contribution is 2.23. The Morgan fingerprint density at radius 1 is 0.353 bits per heavy atom. The summed E-state index contributed by atoms with van der Waals surface area (Å²) in [4.78, 5) is 160. The van der Waals surface area contributed by atoms with Crippen LogP contribution in [0.2, 0.25) is 0 Å². The Morgan fingerprint density at radius 3 is 0.953 bits per heavy atom. The lowest BCUT2D eigenvalue weighted by molar-refractivity contribution is -0.142. The summed E-state index contributed by atoms with van der Waals surface area (Å²) < 4.78 is 0. The minimum absolute atomic E-state index is 0.107. The van der Waals surface area contributed by atoms with Crippen molar-refractivity contribution in [2.24, 2.45) is 5.73 Å². The molecule has 0 aliphatic heterocycles. The highest BCUT2D eigenvalue weighted by atomic mass is 16.4. The van der Waals surface area contributed by atoms with Crippen molar-refractivity contribution in [2.75, 3.05) is 19.6 Å². The third kappa shape index (κ3) is 15.8. The summed E-state index contributed by atoms with van der Waals surface area (Å²) in [5.74, 6) is -12.4. The molecular formula is C58H61N13O14. The number of nitrogens with two attached hydrogens (primary N) is 1. The van der Waals surface area contributed by atoms with Crippen molar-refractivity contribution in [3.8, 4) is 0 Å². The fourth-order valence-corrected chi connectivity index (χ4v) is 9.85. The van der Waals surface area contributed by atoms with Gasteiger partial charge in [-0.1, -0.05) is 72.8 Å². The number of hydrogen-bond donors (Lipinski definition) is 16. The van der Waals surface area contributed by atoms with E-state index in [1.165, 1.54) is 0 Å². The first-order valence-corrected chi connectivity index (χ1v) is 26.7. The third-order valence-electron chi connectivity index (χ3n) is 14.0. The molecule has 0 spiro atoms. The van der Waals surface area contributed by atoms with E-state index in [2.05, 4.69) is 62.5 Å². The molecule has 17 N–H and O–H groups in total. The van der Waals surface area contributed by atoms with Crippen LogP contribution in [0.25, 0.3) is 43.6 Å². The molecule has 6 atom stereocenters. The number of carbonyl (C=O) groups is 11. The first kappa shape index (κ1) is 60.3. The molecule has 4 aromatic heterocycles. The minimum atomic E-state index is -1.89. The zero-order valence-electron chi connectivity index (χ0n) is 45.3. The molecule has 4 heterocycles. The molecule has 0 bridgehead atoms. The van der Waals surface area contributed by atoms with Gasteiger partial charge in [-0.3, -0.25) is 52.7 Å². The molecule has 442 valence electrons. The quantitative estimate of drug-likeness (QED) is 0.0294. The topological polar surface area (TPSA) is 434 Å². The fourth-order valence-electron chi connectivity index (χ4n) is 9.85. The average molecular weight is 1160 g/mol. The van der Waals surface area contributed by atoms with Crippen molar-refractivity contribution < 1.29 is 68.1 Å². The normalized spacial score (nSPS) is 13.3. The smallest absolute Gasteiger partial charge is 0.322 e. The van der Waals surface area contributed by atoms with E-state index in [0.717, 1.165) is 10.9 Å². The van der Waals surface area contributed by atoms with Crippen LogP contribution in [0.15, 0.2) is 122 Å². The van der Waals surface area contributed by atoms with E-state index >= 15 is 0 Å². The second-order valence-electron chi connectivity index (χ2n) is 20.0. The van der Waals surface area contributed by atoms with Gasteiger partial charge >= 0.3 is 17.9 Å². The number of H-pyrrole nitrogens is 4. The largest absolute Gasteiger partial charge is 0.481 e. The van der Waals surface area contributed by atoms with E-state index in [1.807, 2.05) is 0 Å². The first-order chi connectivity index (χ1) is 40.8. The Morgan fingerprint density at radius 2 is 0.635 bits per heavy atom. The van der Waals surface area contributed by atoms with Crippen molar-refractivity contribution in [3.05, 3.63) is 144 Å². The lowest BCUT2D eigenvalue weighted by atomic mass is 10.0. The SMILES string of the molecule is NCC(=O)N[C@@H](Cc1c[nH]c2ccccc12)C(=O)N[C@@H](CC(=O)O)C(=O)N[C@@H](Cc1c[nH]c2ccccc12)C(=O)NCC(=O)N[C@@H](Cc1c[nH]c2ccccc12)C(=O)N[C@@H](CC(=O)O)C(=O)N[C@@H](Cc1c[nH]c2ccccc12)C(=O)NCC(=O)O. The number of carbonyl (C=O) groups excluding carboxylic acids is 8. The Balaban J connectivity index is 1.01. The molecule has 0 unspecified atom stereocenters. The number of carboxylic acid groups (broad SMARTS) is 3. The number of aromatic amines is 4. The number of hydrogen-bond acceptors (Lipinski definition) is 12. The molecule has 0 fully saturated rings. The van der Waals surface area contributed by atoms with Crippen LogP contribution in [-0.2, 0) is 78.4 Å². The zero-order chi connectivity index (χ0) is 60.7. The van der Waals surface area contributed by atoms with Crippen LogP contribution in [-0.4, -0.2) is 156 Å². The molecule has 0 aliphatic rings. The van der Waals surface area contributed by atoms with Crippen molar-refractivity contribution in [3.63, 3.8) is 0 Å². The number of aromatic nitrogens is 4. The summed E-state index contributed by atoms with van der Waals surface area (Å²) in [6.07, 6.45) is 3.55. The predicted molar refractivity (Wildman–Crippen MR) is 307 cm³/mol. The van der Waals surface area contributed by atoms with Crippen LogP contribution in [0.3, 0.4) is 0 Å². The highest BCUT2D eigenvalue weighted by Gasteiger charge is 2.35. The molecule has 0 radical (unpaired) electrons. The Labute approximate surface area is 482 Å². The van der Waals surface area contributed by atoms with Crippen LogP contribution in [0.4, 0.5) is 0 Å². The first-order valence-electron chi connectivity index (χ1n) is 26.7. The van der Waals surface area contributed by atoms with Gasteiger partial charge in [0.15, 0.2) is 0 Å². The number of benzene rings is 4. The summed E-state index contributed by atoms with van der Waals surface area (Å²) in [5.41, 5.74) is 10.4. The predicted octanol–water partition coefficient (Wildman–Crippen LogP) is 0.0163. The van der Waals surface area contributed by atoms with E-state index in [9.17, 15) is 68.1 Å². The Bertz CT molecular complexity index is 3830. The minimum Gasteiger partial charge on any atom is -0.481 e. The number of carboxylic acids is 3. The number of para-hydroxylation sites is 4. The molecule has 27 nitrogen and oxygen atoms in total. The maximum atomic E-state index is 14.5. The summed E-state index contributed by atoms with van der Waals surface area (Å²) >= 11 is 0. The van der Waals surface area contributed by atoms with Crippen molar-refractivity contribution in [1.29, 1.82) is 0 Å². The van der Waals surface area contributed by atoms with Gasteiger partial charge in [0.25, 0.3) is 0 Å². The van der Waals surface area contributed by atoms with Crippen LogP contribution in [0.5, 0.6) is 0 Å². The van der Waals surface area contributed by atoms with Crippen molar-refractivity contribution >= 4 is 109 Å². The number of aliphatic carboxylic acids is 3. The standard InChI is InChI=1S/C58H61N13O14/c59-23-48(72)66-44(19-32-26-62-40-15-7-3-11-36(32)40)55(82)70-46(21-50(74)75)57(84)68-42(17-30-24-60-38-13-5-1-9-34(30)38)53(80)64-28-49(73)67-45(20-33-27-63-41-16-8-4-12-37(33)41)56(83)71-47(22-51(76)77)58(85)69-43(54(81)65-29-52(78)79)18-31-25-61-39-14-6-2-10-35(31)39/h1-16,24-27,42-47,60-63H,17-23,28-29,59H2,(H,64,80)(H,65,81)(H,66,72)(H,67,73)(H,68,84)(H,69,85)(H,70,82)(H,71,83)(H,74,75)(H,76,77)(H,78,79)/t42-,43-,44-,45-,46-,47-/m0/s1. The van der Waals surface area contributed by atoms with Gasteiger partial charge in [0, 0.05) is 94.1 Å².